The van der Waals surface area contributed by atoms with E-state index in [4.69, 9.17) is 10.5 Å². The van der Waals surface area contributed by atoms with E-state index in [1.54, 1.807) is 12.1 Å². The van der Waals surface area contributed by atoms with Gasteiger partial charge in [-0.2, -0.15) is 0 Å². The molecule has 1 atom stereocenters. The van der Waals surface area contributed by atoms with Crippen LogP contribution in [0.5, 0.6) is 0 Å². The molecule has 1 heterocycles. The van der Waals surface area contributed by atoms with E-state index in [1.807, 2.05) is 20.0 Å². The van der Waals surface area contributed by atoms with Gasteiger partial charge in [-0.25, -0.2) is 0 Å². The molecule has 1 amide bonds. The third-order valence-corrected chi connectivity index (χ3v) is 3.46. The van der Waals surface area contributed by atoms with Gasteiger partial charge in [0.15, 0.2) is 0 Å². The summed E-state index contributed by atoms with van der Waals surface area (Å²) in [5, 5.41) is 2.79. The molecule has 1 aromatic rings. The Morgan fingerprint density at radius 1 is 1.58 bits per heavy atom. The summed E-state index contributed by atoms with van der Waals surface area (Å²) in [6, 6.07) is 5.71. The number of carbonyl (C=O) groups is 1. The average Bonchev–Trinajstić information content (AvgIpc) is 2.92. The van der Waals surface area contributed by atoms with Gasteiger partial charge in [-0.3, -0.25) is 4.79 Å². The lowest BCUT2D eigenvalue weighted by atomic mass is 10.1. The second kappa shape index (κ2) is 5.93. The van der Waals surface area contributed by atoms with Gasteiger partial charge in [-0.15, -0.1) is 0 Å². The van der Waals surface area contributed by atoms with Crippen LogP contribution in [-0.2, 0) is 4.74 Å². The van der Waals surface area contributed by atoms with Crippen LogP contribution in [0.2, 0.25) is 0 Å². The molecule has 1 unspecified atom stereocenters. The van der Waals surface area contributed by atoms with E-state index in [9.17, 15) is 4.79 Å². The summed E-state index contributed by atoms with van der Waals surface area (Å²) >= 11 is 0. The number of nitrogens with zero attached hydrogens (tertiary/aromatic N) is 1. The van der Waals surface area contributed by atoms with E-state index in [-0.39, 0.29) is 5.91 Å². The van der Waals surface area contributed by atoms with Crippen LogP contribution in [0.1, 0.15) is 23.7 Å². The number of carbonyl (C=O) groups excluding carboxylic acids is 1. The Labute approximate surface area is 113 Å². The van der Waals surface area contributed by atoms with Crippen molar-refractivity contribution in [2.24, 2.45) is 0 Å². The molecular formula is C14H21N3O2. The molecular weight excluding hydrogens is 242 g/mol. The van der Waals surface area contributed by atoms with Crippen molar-refractivity contribution >= 4 is 17.3 Å². The normalized spacial score (nSPS) is 18.3. The van der Waals surface area contributed by atoms with Crippen LogP contribution >= 0.6 is 0 Å². The van der Waals surface area contributed by atoms with Crippen molar-refractivity contribution in [3.8, 4) is 0 Å². The van der Waals surface area contributed by atoms with Crippen LogP contribution in [0, 0.1) is 0 Å². The van der Waals surface area contributed by atoms with Crippen LogP contribution in [-0.4, -0.2) is 38.8 Å². The highest BCUT2D eigenvalue weighted by Crippen LogP contribution is 2.27. The van der Waals surface area contributed by atoms with Crippen molar-refractivity contribution in [2.45, 2.75) is 19.4 Å². The van der Waals surface area contributed by atoms with Crippen LogP contribution in [0.3, 0.4) is 0 Å². The quantitative estimate of drug-likeness (QED) is 0.802. The molecule has 0 saturated carbocycles. The number of anilines is 2. The topological polar surface area (TPSA) is 67.6 Å². The Hall–Kier alpha value is -1.75. The summed E-state index contributed by atoms with van der Waals surface area (Å²) < 4.78 is 5.39. The van der Waals surface area contributed by atoms with Gasteiger partial charge in [0, 0.05) is 25.8 Å². The Morgan fingerprint density at radius 2 is 2.37 bits per heavy atom. The zero-order chi connectivity index (χ0) is 13.8. The van der Waals surface area contributed by atoms with Crippen molar-refractivity contribution in [1.29, 1.82) is 0 Å². The maximum absolute atomic E-state index is 11.9. The molecule has 0 radical (unpaired) electrons. The molecule has 104 valence electrons. The van der Waals surface area contributed by atoms with Crippen LogP contribution in [0.15, 0.2) is 18.2 Å². The number of likely N-dealkylation sites (N-methyl/N-ethyl adjacent to an activating group) is 1. The summed E-state index contributed by atoms with van der Waals surface area (Å²) in [6.45, 7) is 4.01. The fourth-order valence-electron chi connectivity index (χ4n) is 2.28. The Balaban J connectivity index is 2.23. The second-order valence-corrected chi connectivity index (χ2v) is 4.76. The van der Waals surface area contributed by atoms with Crippen LogP contribution in [0.4, 0.5) is 11.4 Å². The van der Waals surface area contributed by atoms with Crippen molar-refractivity contribution in [3.63, 3.8) is 0 Å². The standard InChI is InChI=1S/C14H21N3O2/c1-3-16-14(18)10-4-5-12(15)13(8-10)17(2)11-6-7-19-9-11/h4-5,8,11H,3,6-7,9,15H2,1-2H3,(H,16,18). The smallest absolute Gasteiger partial charge is 0.251 e. The van der Waals surface area contributed by atoms with Gasteiger partial charge in [-0.05, 0) is 31.5 Å². The number of rotatable bonds is 4. The van der Waals surface area contributed by atoms with Gasteiger partial charge in [0.05, 0.1) is 24.0 Å². The molecule has 1 aliphatic heterocycles. The Bertz CT molecular complexity index is 456. The molecule has 3 N–H and O–H groups in total. The minimum Gasteiger partial charge on any atom is -0.397 e. The highest BCUT2D eigenvalue weighted by Gasteiger charge is 2.22. The lowest BCUT2D eigenvalue weighted by Gasteiger charge is -2.27. The zero-order valence-electron chi connectivity index (χ0n) is 11.5. The fraction of sp³-hybridized carbons (Fsp3) is 0.500. The van der Waals surface area contributed by atoms with Crippen molar-refractivity contribution in [1.82, 2.24) is 5.32 Å². The fourth-order valence-corrected chi connectivity index (χ4v) is 2.28. The van der Waals surface area contributed by atoms with Gasteiger partial charge >= 0.3 is 0 Å². The molecule has 1 saturated heterocycles. The largest absolute Gasteiger partial charge is 0.397 e. The van der Waals surface area contributed by atoms with E-state index in [2.05, 4.69) is 10.2 Å². The van der Waals surface area contributed by atoms with Crippen LogP contribution in [0.25, 0.3) is 0 Å². The first-order chi connectivity index (χ1) is 9.13. The SMILES string of the molecule is CCNC(=O)c1ccc(N)c(N(C)C2CCOC2)c1. The zero-order valence-corrected chi connectivity index (χ0v) is 11.5. The first-order valence-electron chi connectivity index (χ1n) is 6.61. The monoisotopic (exact) mass is 263 g/mol. The molecule has 1 aliphatic rings. The predicted octanol–water partition coefficient (Wildman–Crippen LogP) is 1.24. The van der Waals surface area contributed by atoms with E-state index in [1.165, 1.54) is 0 Å². The number of nitrogens with two attached hydrogens (primary N) is 1. The highest BCUT2D eigenvalue weighted by molar-refractivity contribution is 5.96. The molecule has 0 aliphatic carbocycles. The minimum atomic E-state index is -0.0696. The summed E-state index contributed by atoms with van der Waals surface area (Å²) in [5.74, 6) is -0.0696. The second-order valence-electron chi connectivity index (χ2n) is 4.76. The first-order valence-corrected chi connectivity index (χ1v) is 6.61. The molecule has 2 rings (SSSR count). The Morgan fingerprint density at radius 3 is 3.00 bits per heavy atom. The molecule has 5 nitrogen and oxygen atoms in total. The van der Waals surface area contributed by atoms with Gasteiger partial charge in [0.25, 0.3) is 5.91 Å². The lowest BCUT2D eigenvalue weighted by Crippen LogP contribution is -2.32. The van der Waals surface area contributed by atoms with Crippen molar-refractivity contribution < 1.29 is 9.53 Å². The van der Waals surface area contributed by atoms with Gasteiger partial charge < -0.3 is 20.7 Å². The van der Waals surface area contributed by atoms with Crippen molar-refractivity contribution in [2.75, 3.05) is 37.4 Å². The maximum atomic E-state index is 11.9. The summed E-state index contributed by atoms with van der Waals surface area (Å²) in [6.07, 6.45) is 0.987. The lowest BCUT2D eigenvalue weighted by molar-refractivity contribution is 0.0956. The molecule has 5 heteroatoms. The highest BCUT2D eigenvalue weighted by atomic mass is 16.5. The Kier molecular flexibility index (Phi) is 4.27. The van der Waals surface area contributed by atoms with Gasteiger partial charge in [0.2, 0.25) is 0 Å². The minimum absolute atomic E-state index is 0.0696. The number of amides is 1. The molecule has 0 spiro atoms. The van der Waals surface area contributed by atoms with E-state index in [0.29, 0.717) is 30.4 Å². The van der Waals surface area contributed by atoms with Gasteiger partial charge in [-0.1, -0.05) is 0 Å². The maximum Gasteiger partial charge on any atom is 0.251 e. The number of nitrogen functional groups attached to an aromatic ring is 1. The summed E-state index contributed by atoms with van der Waals surface area (Å²) in [7, 11) is 1.99. The predicted molar refractivity (Wildman–Crippen MR) is 76.5 cm³/mol. The average molecular weight is 263 g/mol. The van der Waals surface area contributed by atoms with Crippen LogP contribution < -0.4 is 16.0 Å². The molecule has 1 fully saturated rings. The third kappa shape index (κ3) is 2.98. The summed E-state index contributed by atoms with van der Waals surface area (Å²) in [4.78, 5) is 14.0. The summed E-state index contributed by atoms with van der Waals surface area (Å²) in [5.41, 5.74) is 8.22. The first kappa shape index (κ1) is 13.7. The van der Waals surface area contributed by atoms with E-state index >= 15 is 0 Å². The molecule has 0 aromatic heterocycles. The number of hydrogen-bond acceptors (Lipinski definition) is 4. The third-order valence-electron chi connectivity index (χ3n) is 3.46. The number of ether oxygens (including phenoxy) is 1. The number of hydrogen-bond donors (Lipinski definition) is 2. The van der Waals surface area contributed by atoms with Crippen molar-refractivity contribution in [3.05, 3.63) is 23.8 Å². The number of nitrogens with one attached hydrogen (secondary N) is 1. The molecule has 1 aromatic carbocycles. The van der Waals surface area contributed by atoms with E-state index < -0.39 is 0 Å². The molecule has 19 heavy (non-hydrogen) atoms. The van der Waals surface area contributed by atoms with E-state index in [0.717, 1.165) is 18.7 Å². The van der Waals surface area contributed by atoms with Gasteiger partial charge in [0.1, 0.15) is 0 Å². The number of benzene rings is 1. The molecule has 0 bridgehead atoms.